The summed E-state index contributed by atoms with van der Waals surface area (Å²) in [5.41, 5.74) is 0. The van der Waals surface area contributed by atoms with Crippen LogP contribution in [-0.2, 0) is 4.79 Å². The Bertz CT molecular complexity index is 322. The van der Waals surface area contributed by atoms with Gasteiger partial charge in [0.1, 0.15) is 0 Å². The van der Waals surface area contributed by atoms with Gasteiger partial charge in [-0.15, -0.1) is 0 Å². The minimum atomic E-state index is 0.386. The molecule has 2 unspecified atom stereocenters. The van der Waals surface area contributed by atoms with E-state index in [4.69, 9.17) is 0 Å². The van der Waals surface area contributed by atoms with Gasteiger partial charge in [-0.05, 0) is 56.3 Å². The van der Waals surface area contributed by atoms with Crippen molar-refractivity contribution in [3.05, 3.63) is 0 Å². The second kappa shape index (κ2) is 5.46. The molecule has 3 aliphatic rings. The molecule has 0 aromatic carbocycles. The molecular formula is C17H29NO. The summed E-state index contributed by atoms with van der Waals surface area (Å²) >= 11 is 0. The lowest BCUT2D eigenvalue weighted by molar-refractivity contribution is -0.138. The third-order valence-electron chi connectivity index (χ3n) is 5.59. The number of hydrogen-bond acceptors (Lipinski definition) is 1. The third kappa shape index (κ3) is 2.98. The number of fused-ring (bicyclic) bond motifs is 1. The molecule has 0 N–H and O–H groups in total. The summed E-state index contributed by atoms with van der Waals surface area (Å²) in [6.07, 6.45) is 10.1. The van der Waals surface area contributed by atoms with Gasteiger partial charge in [0.2, 0.25) is 5.91 Å². The van der Waals surface area contributed by atoms with Crippen LogP contribution in [0.1, 0.15) is 65.2 Å². The molecular weight excluding hydrogens is 234 g/mol. The van der Waals surface area contributed by atoms with Crippen LogP contribution in [0.3, 0.4) is 0 Å². The first-order valence-corrected chi connectivity index (χ1v) is 8.45. The van der Waals surface area contributed by atoms with Gasteiger partial charge in [0.25, 0.3) is 0 Å². The predicted octanol–water partition coefficient (Wildman–Crippen LogP) is 3.85. The van der Waals surface area contributed by atoms with Gasteiger partial charge in [-0.25, -0.2) is 0 Å². The van der Waals surface area contributed by atoms with Crippen molar-refractivity contribution in [3.8, 4) is 0 Å². The normalized spacial score (nSPS) is 33.7. The van der Waals surface area contributed by atoms with Crippen LogP contribution in [0.4, 0.5) is 0 Å². The molecule has 0 aliphatic heterocycles. The maximum atomic E-state index is 12.8. The minimum absolute atomic E-state index is 0.386. The second-order valence-corrected chi connectivity index (χ2v) is 7.58. The zero-order valence-electron chi connectivity index (χ0n) is 12.6. The number of amides is 1. The molecule has 108 valence electrons. The molecule has 19 heavy (non-hydrogen) atoms. The average Bonchev–Trinajstić information content (AvgIpc) is 2.85. The van der Waals surface area contributed by atoms with Crippen molar-refractivity contribution in [2.75, 3.05) is 6.54 Å². The number of hydrogen-bond donors (Lipinski definition) is 0. The van der Waals surface area contributed by atoms with Crippen molar-refractivity contribution >= 4 is 5.91 Å². The molecule has 3 rings (SSSR count). The molecule has 3 saturated carbocycles. The van der Waals surface area contributed by atoms with E-state index in [0.29, 0.717) is 23.8 Å². The lowest BCUT2D eigenvalue weighted by Crippen LogP contribution is -2.43. The van der Waals surface area contributed by atoms with Crippen molar-refractivity contribution in [1.29, 1.82) is 0 Å². The zero-order valence-corrected chi connectivity index (χ0v) is 12.6. The SMILES string of the molecule is CC(C)CCN(C(=O)C1CC2CC2C1)C1CCCC1. The fourth-order valence-corrected chi connectivity index (χ4v) is 4.24. The molecule has 2 heteroatoms. The van der Waals surface area contributed by atoms with Gasteiger partial charge >= 0.3 is 0 Å². The van der Waals surface area contributed by atoms with Gasteiger partial charge in [-0.1, -0.05) is 26.7 Å². The first kappa shape index (κ1) is 13.5. The molecule has 3 fully saturated rings. The molecule has 2 nitrogen and oxygen atoms in total. The van der Waals surface area contributed by atoms with E-state index in [1.807, 2.05) is 0 Å². The van der Waals surface area contributed by atoms with Crippen LogP contribution in [0.2, 0.25) is 0 Å². The highest BCUT2D eigenvalue weighted by atomic mass is 16.2. The van der Waals surface area contributed by atoms with Gasteiger partial charge in [0, 0.05) is 18.5 Å². The fourth-order valence-electron chi connectivity index (χ4n) is 4.24. The molecule has 0 bridgehead atoms. The number of carbonyl (C=O) groups is 1. The smallest absolute Gasteiger partial charge is 0.225 e. The van der Waals surface area contributed by atoms with Crippen LogP contribution in [0.5, 0.6) is 0 Å². The summed E-state index contributed by atoms with van der Waals surface area (Å²) in [5, 5.41) is 0. The maximum Gasteiger partial charge on any atom is 0.225 e. The van der Waals surface area contributed by atoms with E-state index in [-0.39, 0.29) is 0 Å². The third-order valence-corrected chi connectivity index (χ3v) is 5.59. The van der Waals surface area contributed by atoms with Gasteiger partial charge < -0.3 is 4.90 Å². The highest BCUT2D eigenvalue weighted by Gasteiger charge is 2.49. The summed E-state index contributed by atoms with van der Waals surface area (Å²) in [6.45, 7) is 5.54. The summed E-state index contributed by atoms with van der Waals surface area (Å²) < 4.78 is 0. The molecule has 0 radical (unpaired) electrons. The standard InChI is InChI=1S/C17H29NO/c1-12(2)7-8-18(16-5-3-4-6-16)17(19)15-10-13-9-14(13)11-15/h12-16H,3-11H2,1-2H3. The van der Waals surface area contributed by atoms with Crippen molar-refractivity contribution in [3.63, 3.8) is 0 Å². The van der Waals surface area contributed by atoms with E-state index in [0.717, 1.165) is 18.4 Å². The summed E-state index contributed by atoms with van der Waals surface area (Å²) in [7, 11) is 0. The van der Waals surface area contributed by atoms with Crippen molar-refractivity contribution in [2.24, 2.45) is 23.7 Å². The molecule has 2 atom stereocenters. The molecule has 1 amide bonds. The van der Waals surface area contributed by atoms with Crippen LogP contribution in [0.15, 0.2) is 0 Å². The van der Waals surface area contributed by atoms with Crippen LogP contribution in [0, 0.1) is 23.7 Å². The van der Waals surface area contributed by atoms with Gasteiger partial charge in [-0.3, -0.25) is 4.79 Å². The first-order valence-electron chi connectivity index (χ1n) is 8.45. The van der Waals surface area contributed by atoms with Gasteiger partial charge in [0.05, 0.1) is 0 Å². The predicted molar refractivity (Wildman–Crippen MR) is 77.7 cm³/mol. The van der Waals surface area contributed by atoms with E-state index in [2.05, 4.69) is 18.7 Å². The van der Waals surface area contributed by atoms with Crippen LogP contribution < -0.4 is 0 Å². The van der Waals surface area contributed by atoms with Gasteiger partial charge in [-0.2, -0.15) is 0 Å². The van der Waals surface area contributed by atoms with Crippen molar-refractivity contribution < 1.29 is 4.79 Å². The van der Waals surface area contributed by atoms with E-state index in [9.17, 15) is 4.79 Å². The molecule has 0 heterocycles. The fraction of sp³-hybridized carbons (Fsp3) is 0.941. The Morgan fingerprint density at radius 3 is 2.32 bits per heavy atom. The Hall–Kier alpha value is -0.530. The highest BCUT2D eigenvalue weighted by Crippen LogP contribution is 2.54. The zero-order chi connectivity index (χ0) is 13.4. The van der Waals surface area contributed by atoms with E-state index in [1.165, 1.54) is 51.4 Å². The Kier molecular flexibility index (Phi) is 3.86. The summed E-state index contributed by atoms with van der Waals surface area (Å²) in [6, 6.07) is 0.572. The average molecular weight is 263 g/mol. The van der Waals surface area contributed by atoms with Crippen LogP contribution in [0.25, 0.3) is 0 Å². The number of nitrogens with zero attached hydrogens (tertiary/aromatic N) is 1. The van der Waals surface area contributed by atoms with E-state index >= 15 is 0 Å². The molecule has 3 aliphatic carbocycles. The molecule has 0 spiro atoms. The Morgan fingerprint density at radius 1 is 1.11 bits per heavy atom. The Balaban J connectivity index is 1.61. The van der Waals surface area contributed by atoms with Crippen LogP contribution >= 0.6 is 0 Å². The van der Waals surface area contributed by atoms with Crippen molar-refractivity contribution in [2.45, 2.75) is 71.3 Å². The quantitative estimate of drug-likeness (QED) is 0.738. The highest BCUT2D eigenvalue weighted by molar-refractivity contribution is 5.79. The first-order chi connectivity index (χ1) is 9.15. The Morgan fingerprint density at radius 2 is 1.74 bits per heavy atom. The van der Waals surface area contributed by atoms with Gasteiger partial charge in [0.15, 0.2) is 0 Å². The molecule has 0 aromatic rings. The monoisotopic (exact) mass is 263 g/mol. The summed E-state index contributed by atoms with van der Waals surface area (Å²) in [5.74, 6) is 3.44. The minimum Gasteiger partial charge on any atom is -0.339 e. The number of carbonyl (C=O) groups excluding carboxylic acids is 1. The van der Waals surface area contributed by atoms with E-state index in [1.54, 1.807) is 0 Å². The largest absolute Gasteiger partial charge is 0.339 e. The lowest BCUT2D eigenvalue weighted by atomic mass is 9.99. The molecule has 0 aromatic heterocycles. The lowest BCUT2D eigenvalue weighted by Gasteiger charge is -2.32. The summed E-state index contributed by atoms with van der Waals surface area (Å²) in [4.78, 5) is 15.1. The van der Waals surface area contributed by atoms with Crippen molar-refractivity contribution in [1.82, 2.24) is 4.90 Å². The maximum absolute atomic E-state index is 12.8. The Labute approximate surface area is 117 Å². The van der Waals surface area contributed by atoms with Crippen LogP contribution in [-0.4, -0.2) is 23.4 Å². The topological polar surface area (TPSA) is 20.3 Å². The van der Waals surface area contributed by atoms with E-state index < -0.39 is 0 Å². The molecule has 0 saturated heterocycles. The number of rotatable bonds is 5. The second-order valence-electron chi connectivity index (χ2n) is 7.58.